The summed E-state index contributed by atoms with van der Waals surface area (Å²) in [5, 5.41) is 5.83. The lowest BCUT2D eigenvalue weighted by Crippen LogP contribution is -2.43. The summed E-state index contributed by atoms with van der Waals surface area (Å²) in [6, 6.07) is 1.00. The van der Waals surface area contributed by atoms with Gasteiger partial charge >= 0.3 is 6.18 Å². The molecule has 1 saturated heterocycles. The lowest BCUT2D eigenvalue weighted by Gasteiger charge is -2.31. The summed E-state index contributed by atoms with van der Waals surface area (Å²) in [6.07, 6.45) is -2.69. The molecule has 0 aromatic carbocycles. The topological polar surface area (TPSA) is 53.1 Å². The van der Waals surface area contributed by atoms with Crippen LogP contribution in [0, 0.1) is 5.92 Å². The second-order valence-corrected chi connectivity index (χ2v) is 7.84. The number of anilines is 2. The molecule has 5 nitrogen and oxygen atoms in total. The van der Waals surface area contributed by atoms with Crippen molar-refractivity contribution in [2.45, 2.75) is 52.3 Å². The van der Waals surface area contributed by atoms with Gasteiger partial charge in [0.2, 0.25) is 5.95 Å². The summed E-state index contributed by atoms with van der Waals surface area (Å²) in [5.74, 6) is 0.696. The number of halogens is 3. The van der Waals surface area contributed by atoms with Gasteiger partial charge in [0.25, 0.3) is 0 Å². The summed E-state index contributed by atoms with van der Waals surface area (Å²) in [4.78, 5) is 9.69. The molecule has 0 saturated carbocycles. The molecular weight excluding hydrogens is 351 g/mol. The van der Waals surface area contributed by atoms with Crippen LogP contribution in [0.5, 0.6) is 0 Å². The van der Waals surface area contributed by atoms with E-state index in [1.807, 2.05) is 25.7 Å². The van der Waals surface area contributed by atoms with Gasteiger partial charge in [-0.2, -0.15) is 18.2 Å². The van der Waals surface area contributed by atoms with E-state index in [1.165, 1.54) is 0 Å². The van der Waals surface area contributed by atoms with Crippen LogP contribution < -0.4 is 15.5 Å². The second kappa shape index (κ2) is 7.31. The molecule has 9 heteroatoms. The number of hydrogen-bond acceptors (Lipinski definition) is 4. The molecule has 1 aromatic rings. The molecule has 0 radical (unpaired) electrons. The van der Waals surface area contributed by atoms with Gasteiger partial charge in [-0.15, -0.1) is 0 Å². The van der Waals surface area contributed by atoms with Crippen LogP contribution in [0.25, 0.3) is 0 Å². The minimum Gasteiger partial charge on any atom is -0.358 e. The highest BCUT2D eigenvalue weighted by atomic mass is 32.1. The number of aromatic nitrogens is 2. The summed E-state index contributed by atoms with van der Waals surface area (Å²) in [5.41, 5.74) is -1.30. The predicted molar refractivity (Wildman–Crippen MR) is 96.8 cm³/mol. The monoisotopic (exact) mass is 375 g/mol. The van der Waals surface area contributed by atoms with Gasteiger partial charge < -0.3 is 15.5 Å². The first-order valence-corrected chi connectivity index (χ1v) is 8.65. The highest BCUT2D eigenvalue weighted by Crippen LogP contribution is 2.31. The molecular formula is C16H24F3N5S. The van der Waals surface area contributed by atoms with E-state index in [0.29, 0.717) is 19.0 Å². The predicted octanol–water partition coefficient (Wildman–Crippen LogP) is 3.82. The molecule has 0 spiro atoms. The molecule has 0 atom stereocenters. The van der Waals surface area contributed by atoms with Gasteiger partial charge in [-0.3, -0.25) is 0 Å². The van der Waals surface area contributed by atoms with E-state index in [4.69, 9.17) is 12.2 Å². The fourth-order valence-electron chi connectivity index (χ4n) is 2.51. The highest BCUT2D eigenvalue weighted by Gasteiger charge is 2.34. The largest absolute Gasteiger partial charge is 0.433 e. The lowest BCUT2D eigenvalue weighted by molar-refractivity contribution is -0.141. The average Bonchev–Trinajstić information content (AvgIpc) is 2.44. The van der Waals surface area contributed by atoms with Crippen LogP contribution in [-0.4, -0.2) is 33.7 Å². The van der Waals surface area contributed by atoms with Gasteiger partial charge in [-0.05, 0) is 51.7 Å². The molecule has 1 aromatic heterocycles. The van der Waals surface area contributed by atoms with Gasteiger partial charge in [-0.25, -0.2) is 4.98 Å². The number of piperidine rings is 1. The van der Waals surface area contributed by atoms with Crippen LogP contribution in [0.2, 0.25) is 0 Å². The fourth-order valence-corrected chi connectivity index (χ4v) is 2.91. The zero-order valence-electron chi connectivity index (χ0n) is 14.9. The number of nitrogens with one attached hydrogen (secondary N) is 2. The summed E-state index contributed by atoms with van der Waals surface area (Å²) in [7, 11) is 0. The van der Waals surface area contributed by atoms with E-state index in [0.717, 1.165) is 18.9 Å². The second-order valence-electron chi connectivity index (χ2n) is 7.43. The van der Waals surface area contributed by atoms with Crippen molar-refractivity contribution in [3.63, 3.8) is 0 Å². The Balaban J connectivity index is 2.26. The maximum Gasteiger partial charge on any atom is 0.433 e. The molecule has 2 rings (SSSR count). The van der Waals surface area contributed by atoms with E-state index in [9.17, 15) is 13.2 Å². The van der Waals surface area contributed by atoms with Crippen molar-refractivity contribution in [1.82, 2.24) is 15.3 Å². The van der Waals surface area contributed by atoms with Crippen molar-refractivity contribution >= 4 is 29.1 Å². The molecule has 2 N–H and O–H groups in total. The molecule has 1 fully saturated rings. The van der Waals surface area contributed by atoms with Crippen LogP contribution in [0.1, 0.15) is 46.2 Å². The summed E-state index contributed by atoms with van der Waals surface area (Å²) >= 11 is 5.14. The maximum absolute atomic E-state index is 13.2. The van der Waals surface area contributed by atoms with E-state index < -0.39 is 11.9 Å². The van der Waals surface area contributed by atoms with Crippen LogP contribution in [0.15, 0.2) is 6.07 Å². The Hall–Kier alpha value is -1.64. The Morgan fingerprint density at radius 2 is 1.80 bits per heavy atom. The van der Waals surface area contributed by atoms with Gasteiger partial charge in [0.1, 0.15) is 5.82 Å². The van der Waals surface area contributed by atoms with Crippen molar-refractivity contribution < 1.29 is 13.2 Å². The first kappa shape index (κ1) is 19.7. The van der Waals surface area contributed by atoms with Gasteiger partial charge in [0.05, 0.1) is 0 Å². The molecule has 25 heavy (non-hydrogen) atoms. The van der Waals surface area contributed by atoms with Gasteiger partial charge in [0, 0.05) is 24.7 Å². The smallest absolute Gasteiger partial charge is 0.358 e. The lowest BCUT2D eigenvalue weighted by atomic mass is 9.99. The van der Waals surface area contributed by atoms with Crippen molar-refractivity contribution in [3.05, 3.63) is 11.8 Å². The Kier molecular flexibility index (Phi) is 5.75. The average molecular weight is 375 g/mol. The third-order valence-electron chi connectivity index (χ3n) is 3.82. The molecule has 2 heterocycles. The molecule has 0 aliphatic carbocycles. The normalized spacial score (nSPS) is 16.7. The maximum atomic E-state index is 13.2. The number of rotatable bonds is 2. The number of alkyl halides is 3. The van der Waals surface area contributed by atoms with Crippen molar-refractivity contribution in [1.29, 1.82) is 0 Å². The van der Waals surface area contributed by atoms with Crippen LogP contribution in [0.4, 0.5) is 24.9 Å². The Morgan fingerprint density at radius 1 is 1.20 bits per heavy atom. The Labute approximate surface area is 151 Å². The summed E-state index contributed by atoms with van der Waals surface area (Å²) in [6.45, 7) is 9.19. The SMILES string of the molecule is CC1CCN(c2cc(C(F)(F)F)nc(NC(=S)NC(C)(C)C)n2)CC1. The zero-order valence-corrected chi connectivity index (χ0v) is 15.7. The molecule has 0 unspecified atom stereocenters. The number of hydrogen-bond donors (Lipinski definition) is 2. The van der Waals surface area contributed by atoms with E-state index in [-0.39, 0.29) is 22.4 Å². The first-order valence-electron chi connectivity index (χ1n) is 8.24. The first-order chi connectivity index (χ1) is 11.4. The van der Waals surface area contributed by atoms with E-state index in [2.05, 4.69) is 27.5 Å². The third kappa shape index (κ3) is 5.98. The van der Waals surface area contributed by atoms with Crippen LogP contribution in [0.3, 0.4) is 0 Å². The van der Waals surface area contributed by atoms with Crippen molar-refractivity contribution in [2.24, 2.45) is 5.92 Å². The van der Waals surface area contributed by atoms with E-state index >= 15 is 0 Å². The molecule has 1 aliphatic rings. The van der Waals surface area contributed by atoms with Crippen LogP contribution >= 0.6 is 12.2 Å². The van der Waals surface area contributed by atoms with Crippen LogP contribution in [-0.2, 0) is 6.18 Å². The van der Waals surface area contributed by atoms with Crippen molar-refractivity contribution in [2.75, 3.05) is 23.3 Å². The molecule has 140 valence electrons. The Morgan fingerprint density at radius 3 is 2.32 bits per heavy atom. The zero-order chi connectivity index (χ0) is 18.8. The van der Waals surface area contributed by atoms with Crippen molar-refractivity contribution in [3.8, 4) is 0 Å². The van der Waals surface area contributed by atoms with Gasteiger partial charge in [0.15, 0.2) is 10.8 Å². The fraction of sp³-hybridized carbons (Fsp3) is 0.688. The minimum absolute atomic E-state index is 0.148. The number of thiocarbonyl (C=S) groups is 1. The molecule has 1 aliphatic heterocycles. The summed E-state index contributed by atoms with van der Waals surface area (Å²) < 4.78 is 39.6. The molecule has 0 amide bonds. The Bertz CT molecular complexity index is 619. The van der Waals surface area contributed by atoms with Gasteiger partial charge in [-0.1, -0.05) is 6.92 Å². The molecule has 0 bridgehead atoms. The number of nitrogens with zero attached hydrogens (tertiary/aromatic N) is 3. The third-order valence-corrected chi connectivity index (χ3v) is 4.03. The minimum atomic E-state index is -4.55. The highest BCUT2D eigenvalue weighted by molar-refractivity contribution is 7.80. The quantitative estimate of drug-likeness (QED) is 0.767. The standard InChI is InChI=1S/C16H24F3N5S/c1-10-5-7-24(8-6-10)12-9-11(16(17,18)19)20-13(21-12)22-14(25)23-15(2,3)4/h9-10H,5-8H2,1-4H3,(H2,20,21,22,23,25). The van der Waals surface area contributed by atoms with E-state index in [1.54, 1.807) is 0 Å².